The van der Waals surface area contributed by atoms with E-state index >= 15 is 0 Å². The molecule has 2 aliphatic rings. The fraction of sp³-hybridized carbons (Fsp3) is 0.714. The maximum absolute atomic E-state index is 12.5. The fourth-order valence-corrected chi connectivity index (χ4v) is 6.70. The van der Waals surface area contributed by atoms with Gasteiger partial charge in [0.15, 0.2) is 0 Å². The summed E-state index contributed by atoms with van der Waals surface area (Å²) in [5.74, 6) is 2.11. The largest absolute Gasteiger partial charge is 0.326 e. The van der Waals surface area contributed by atoms with Crippen LogP contribution in [0.4, 0.5) is 0 Å². The second-order valence-corrected chi connectivity index (χ2v) is 8.83. The van der Waals surface area contributed by atoms with E-state index in [1.807, 2.05) is 12.3 Å². The van der Waals surface area contributed by atoms with Crippen LogP contribution in [0.2, 0.25) is 0 Å². The van der Waals surface area contributed by atoms with Crippen molar-refractivity contribution >= 4 is 21.4 Å². The Morgan fingerprint density at radius 1 is 1.40 bits per heavy atom. The number of thiophene rings is 1. The molecule has 4 nitrogen and oxygen atoms in total. The Hall–Kier alpha value is -0.430. The summed E-state index contributed by atoms with van der Waals surface area (Å²) in [5, 5.41) is 1.87. The van der Waals surface area contributed by atoms with Crippen LogP contribution in [0, 0.1) is 24.7 Å². The first-order valence-corrected chi connectivity index (χ1v) is 9.64. The standard InChI is InChI=1S/C14H22N2O2S2/c1-9-8-19-13(6-15)14(9)20(17,18)16-7-12-5-10-2-3-11(12)4-10/h8,10-12,16H,2-7,15H2,1H3. The third-order valence-electron chi connectivity index (χ3n) is 4.86. The molecule has 1 aromatic heterocycles. The zero-order valence-electron chi connectivity index (χ0n) is 11.8. The molecule has 0 radical (unpaired) electrons. The van der Waals surface area contributed by atoms with Gasteiger partial charge in [-0.1, -0.05) is 6.42 Å². The lowest BCUT2D eigenvalue weighted by Crippen LogP contribution is -2.32. The summed E-state index contributed by atoms with van der Waals surface area (Å²) in [6.45, 7) is 2.70. The van der Waals surface area contributed by atoms with Crippen LogP contribution < -0.4 is 10.5 Å². The number of hydrogen-bond acceptors (Lipinski definition) is 4. The molecule has 6 heteroatoms. The van der Waals surface area contributed by atoms with E-state index < -0.39 is 10.0 Å². The number of nitrogens with two attached hydrogens (primary N) is 1. The summed E-state index contributed by atoms with van der Waals surface area (Å²) in [6, 6.07) is 0. The molecule has 3 atom stereocenters. The van der Waals surface area contributed by atoms with E-state index in [2.05, 4.69) is 4.72 Å². The van der Waals surface area contributed by atoms with Gasteiger partial charge in [-0.2, -0.15) is 0 Å². The van der Waals surface area contributed by atoms with Crippen molar-refractivity contribution in [3.8, 4) is 0 Å². The normalized spacial score (nSPS) is 29.2. The molecule has 2 fully saturated rings. The van der Waals surface area contributed by atoms with E-state index in [1.54, 1.807) is 0 Å². The molecule has 0 spiro atoms. The molecular formula is C14H22N2O2S2. The molecule has 2 bridgehead atoms. The van der Waals surface area contributed by atoms with Crippen LogP contribution >= 0.6 is 11.3 Å². The van der Waals surface area contributed by atoms with Gasteiger partial charge < -0.3 is 5.73 Å². The monoisotopic (exact) mass is 314 g/mol. The van der Waals surface area contributed by atoms with Gasteiger partial charge in [0.2, 0.25) is 10.0 Å². The molecule has 2 saturated carbocycles. The molecule has 112 valence electrons. The highest BCUT2D eigenvalue weighted by atomic mass is 32.2. The summed E-state index contributed by atoms with van der Waals surface area (Å²) in [6.07, 6.45) is 5.12. The van der Waals surface area contributed by atoms with Crippen LogP contribution in [0.5, 0.6) is 0 Å². The predicted molar refractivity (Wildman–Crippen MR) is 81.1 cm³/mol. The van der Waals surface area contributed by atoms with Crippen molar-refractivity contribution in [2.75, 3.05) is 6.54 Å². The highest BCUT2D eigenvalue weighted by Gasteiger charge is 2.39. The quantitative estimate of drug-likeness (QED) is 0.875. The van der Waals surface area contributed by atoms with E-state index in [9.17, 15) is 8.42 Å². The van der Waals surface area contributed by atoms with E-state index in [0.717, 1.165) is 22.3 Å². The van der Waals surface area contributed by atoms with Crippen molar-refractivity contribution in [1.82, 2.24) is 4.72 Å². The highest BCUT2D eigenvalue weighted by molar-refractivity contribution is 7.89. The topological polar surface area (TPSA) is 72.2 Å². The van der Waals surface area contributed by atoms with Crippen LogP contribution in [-0.4, -0.2) is 15.0 Å². The lowest BCUT2D eigenvalue weighted by molar-refractivity contribution is 0.333. The first-order valence-electron chi connectivity index (χ1n) is 7.28. The van der Waals surface area contributed by atoms with Crippen molar-refractivity contribution in [1.29, 1.82) is 0 Å². The van der Waals surface area contributed by atoms with Gasteiger partial charge in [0.25, 0.3) is 0 Å². The predicted octanol–water partition coefficient (Wildman–Crippen LogP) is 2.23. The van der Waals surface area contributed by atoms with Gasteiger partial charge in [-0.05, 0) is 54.9 Å². The van der Waals surface area contributed by atoms with Gasteiger partial charge in [0, 0.05) is 18.0 Å². The lowest BCUT2D eigenvalue weighted by atomic mass is 9.89. The zero-order chi connectivity index (χ0) is 14.3. The minimum absolute atomic E-state index is 0.281. The van der Waals surface area contributed by atoms with Crippen molar-refractivity contribution in [3.05, 3.63) is 15.8 Å². The number of hydrogen-bond donors (Lipinski definition) is 2. The minimum Gasteiger partial charge on any atom is -0.326 e. The van der Waals surface area contributed by atoms with Gasteiger partial charge >= 0.3 is 0 Å². The highest BCUT2D eigenvalue weighted by Crippen LogP contribution is 2.48. The Labute approximate surface area is 124 Å². The first kappa shape index (κ1) is 14.5. The fourth-order valence-electron chi connectivity index (χ4n) is 3.90. The van der Waals surface area contributed by atoms with Crippen molar-refractivity contribution in [2.24, 2.45) is 23.5 Å². The molecule has 1 aromatic rings. The Balaban J connectivity index is 1.71. The van der Waals surface area contributed by atoms with Crippen molar-refractivity contribution in [2.45, 2.75) is 44.0 Å². The number of nitrogens with one attached hydrogen (secondary N) is 1. The average molecular weight is 314 g/mol. The van der Waals surface area contributed by atoms with E-state index in [0.29, 0.717) is 17.4 Å². The van der Waals surface area contributed by atoms with Crippen LogP contribution in [0.3, 0.4) is 0 Å². The van der Waals surface area contributed by atoms with Gasteiger partial charge in [-0.15, -0.1) is 11.3 Å². The molecule has 0 saturated heterocycles. The molecule has 3 N–H and O–H groups in total. The Bertz CT molecular complexity index is 594. The zero-order valence-corrected chi connectivity index (χ0v) is 13.4. The van der Waals surface area contributed by atoms with Crippen molar-refractivity contribution in [3.63, 3.8) is 0 Å². The molecule has 20 heavy (non-hydrogen) atoms. The van der Waals surface area contributed by atoms with Gasteiger partial charge in [0.05, 0.1) is 0 Å². The van der Waals surface area contributed by atoms with Crippen LogP contribution in [0.25, 0.3) is 0 Å². The molecule has 1 heterocycles. The second-order valence-electron chi connectivity index (χ2n) is 6.16. The molecule has 0 amide bonds. The summed E-state index contributed by atoms with van der Waals surface area (Å²) < 4.78 is 27.8. The van der Waals surface area contributed by atoms with Gasteiger partial charge in [-0.25, -0.2) is 13.1 Å². The van der Waals surface area contributed by atoms with E-state index in [4.69, 9.17) is 5.73 Å². The third kappa shape index (κ3) is 2.54. The molecule has 3 rings (SSSR count). The smallest absolute Gasteiger partial charge is 0.241 e. The number of rotatable bonds is 5. The molecule has 0 aliphatic heterocycles. The summed E-state index contributed by atoms with van der Waals surface area (Å²) in [4.78, 5) is 1.16. The van der Waals surface area contributed by atoms with Crippen LogP contribution in [-0.2, 0) is 16.6 Å². The lowest BCUT2D eigenvalue weighted by Gasteiger charge is -2.22. The molecule has 2 aliphatic carbocycles. The number of sulfonamides is 1. The number of aryl methyl sites for hydroxylation is 1. The third-order valence-corrected chi connectivity index (χ3v) is 7.77. The van der Waals surface area contributed by atoms with Crippen LogP contribution in [0.1, 0.15) is 36.1 Å². The first-order chi connectivity index (χ1) is 9.51. The van der Waals surface area contributed by atoms with Gasteiger partial charge in [0.1, 0.15) is 4.90 Å². The van der Waals surface area contributed by atoms with Crippen molar-refractivity contribution < 1.29 is 8.42 Å². The Morgan fingerprint density at radius 3 is 2.80 bits per heavy atom. The summed E-state index contributed by atoms with van der Waals surface area (Å²) >= 11 is 1.43. The average Bonchev–Trinajstić information content (AvgIpc) is 3.10. The van der Waals surface area contributed by atoms with Gasteiger partial charge in [-0.3, -0.25) is 0 Å². The Morgan fingerprint density at radius 2 is 2.20 bits per heavy atom. The maximum Gasteiger partial charge on any atom is 0.241 e. The summed E-state index contributed by atoms with van der Waals surface area (Å²) in [5.41, 5.74) is 6.45. The summed E-state index contributed by atoms with van der Waals surface area (Å²) in [7, 11) is -3.41. The Kier molecular flexibility index (Phi) is 3.92. The maximum atomic E-state index is 12.5. The second kappa shape index (κ2) is 5.40. The molecular weight excluding hydrogens is 292 g/mol. The number of fused-ring (bicyclic) bond motifs is 2. The SMILES string of the molecule is Cc1csc(CN)c1S(=O)(=O)NCC1CC2CCC1C2. The minimum atomic E-state index is -3.41. The molecule has 3 unspecified atom stereocenters. The van der Waals surface area contributed by atoms with E-state index in [-0.39, 0.29) is 6.54 Å². The van der Waals surface area contributed by atoms with Crippen LogP contribution in [0.15, 0.2) is 10.3 Å². The van der Waals surface area contributed by atoms with E-state index in [1.165, 1.54) is 37.0 Å². The molecule has 0 aromatic carbocycles.